The Hall–Kier alpha value is -0.690. The molecule has 4 nitrogen and oxygen atoms in total. The average molecular weight is 362 g/mol. The molecule has 0 saturated heterocycles. The van der Waals surface area contributed by atoms with Crippen LogP contribution in [0.4, 0.5) is 0 Å². The van der Waals surface area contributed by atoms with Crippen molar-refractivity contribution in [2.75, 3.05) is 19.0 Å². The summed E-state index contributed by atoms with van der Waals surface area (Å²) in [4.78, 5) is 0.188. The summed E-state index contributed by atoms with van der Waals surface area (Å²) in [7, 11) is -3.31. The van der Waals surface area contributed by atoms with Gasteiger partial charge in [0.25, 0.3) is 0 Å². The molecule has 2 N–H and O–H groups in total. The van der Waals surface area contributed by atoms with Crippen LogP contribution in [0.5, 0.6) is 0 Å². The third-order valence-electron chi connectivity index (χ3n) is 4.26. The van der Waals surface area contributed by atoms with Crippen LogP contribution < -0.4 is 5.73 Å². The number of thiocarbonyl (C=S) groups is 1. The van der Waals surface area contributed by atoms with Crippen molar-refractivity contribution in [2.24, 2.45) is 11.1 Å². The van der Waals surface area contributed by atoms with Crippen LogP contribution in [0, 0.1) is 5.41 Å². The molecule has 0 radical (unpaired) electrons. The molecule has 0 bridgehead atoms. The van der Waals surface area contributed by atoms with Gasteiger partial charge in [-0.3, -0.25) is 0 Å². The Balaban J connectivity index is 2.51. The molecule has 122 valence electrons. The van der Waals surface area contributed by atoms with Gasteiger partial charge in [0, 0.05) is 23.3 Å². The summed E-state index contributed by atoms with van der Waals surface area (Å²) in [5, 5.41) is -0.0854. The first-order valence-corrected chi connectivity index (χ1v) is 9.66. The second-order valence-corrected chi connectivity index (χ2v) is 8.73. The standard InChI is InChI=1S/C15H20ClNO3S2/c1-3-20-9-15(14(17)21)12(13(15)22(18,19)4-2)10-6-5-7-11(16)8-10/h5-8,12-13H,3-4,9H2,1-2H3,(H2,17,21)/t12-,13+,15-/m0/s1. The van der Waals surface area contributed by atoms with Crippen LogP contribution in [0.1, 0.15) is 25.3 Å². The van der Waals surface area contributed by atoms with E-state index in [4.69, 9.17) is 34.3 Å². The van der Waals surface area contributed by atoms with Crippen LogP contribution in [0.15, 0.2) is 24.3 Å². The average Bonchev–Trinajstić information content (AvgIpc) is 3.16. The van der Waals surface area contributed by atoms with Gasteiger partial charge in [-0.15, -0.1) is 0 Å². The lowest BCUT2D eigenvalue weighted by Crippen LogP contribution is -2.34. The minimum atomic E-state index is -3.31. The minimum Gasteiger partial charge on any atom is -0.393 e. The molecular formula is C15H20ClNO3S2. The van der Waals surface area contributed by atoms with Crippen molar-refractivity contribution in [1.82, 2.24) is 0 Å². The van der Waals surface area contributed by atoms with Gasteiger partial charge in [0.05, 0.1) is 22.3 Å². The number of ether oxygens (including phenoxy) is 1. The Morgan fingerprint density at radius 2 is 2.14 bits per heavy atom. The second kappa shape index (κ2) is 6.43. The maximum Gasteiger partial charge on any atom is 0.154 e. The summed E-state index contributed by atoms with van der Waals surface area (Å²) in [6.45, 7) is 4.17. The molecule has 2 rings (SSSR count). The van der Waals surface area contributed by atoms with E-state index >= 15 is 0 Å². The number of halogens is 1. The van der Waals surface area contributed by atoms with Crippen LogP contribution in [0.25, 0.3) is 0 Å². The Kier molecular flexibility index (Phi) is 5.16. The van der Waals surface area contributed by atoms with Gasteiger partial charge >= 0.3 is 0 Å². The molecule has 0 heterocycles. The molecule has 22 heavy (non-hydrogen) atoms. The van der Waals surface area contributed by atoms with Crippen molar-refractivity contribution in [3.05, 3.63) is 34.9 Å². The Morgan fingerprint density at radius 1 is 1.45 bits per heavy atom. The predicted molar refractivity (Wildman–Crippen MR) is 93.2 cm³/mol. The van der Waals surface area contributed by atoms with E-state index in [1.54, 1.807) is 25.1 Å². The van der Waals surface area contributed by atoms with E-state index in [1.165, 1.54) is 0 Å². The highest BCUT2D eigenvalue weighted by molar-refractivity contribution is 7.92. The van der Waals surface area contributed by atoms with E-state index < -0.39 is 20.5 Å². The van der Waals surface area contributed by atoms with E-state index in [9.17, 15) is 8.42 Å². The summed E-state index contributed by atoms with van der Waals surface area (Å²) in [6, 6.07) is 7.19. The number of rotatable bonds is 7. The van der Waals surface area contributed by atoms with Crippen LogP contribution in [-0.4, -0.2) is 37.6 Å². The summed E-state index contributed by atoms with van der Waals surface area (Å²) in [5.74, 6) is -0.259. The monoisotopic (exact) mass is 361 g/mol. The van der Waals surface area contributed by atoms with Gasteiger partial charge in [-0.05, 0) is 24.6 Å². The summed E-state index contributed by atoms with van der Waals surface area (Å²) >= 11 is 11.3. The zero-order chi connectivity index (χ0) is 16.5. The van der Waals surface area contributed by atoms with E-state index in [0.29, 0.717) is 11.6 Å². The molecule has 1 saturated carbocycles. The maximum atomic E-state index is 12.5. The van der Waals surface area contributed by atoms with Gasteiger partial charge < -0.3 is 10.5 Å². The first-order valence-electron chi connectivity index (χ1n) is 7.16. The molecule has 0 spiro atoms. The largest absolute Gasteiger partial charge is 0.393 e. The third-order valence-corrected chi connectivity index (χ3v) is 7.14. The molecule has 7 heteroatoms. The molecular weight excluding hydrogens is 342 g/mol. The Morgan fingerprint density at radius 3 is 2.64 bits per heavy atom. The summed E-state index contributed by atoms with van der Waals surface area (Å²) < 4.78 is 30.5. The Bertz CT molecular complexity index is 677. The topological polar surface area (TPSA) is 69.4 Å². The molecule has 0 aromatic heterocycles. The molecule has 1 fully saturated rings. The number of benzene rings is 1. The van der Waals surface area contributed by atoms with Crippen molar-refractivity contribution in [2.45, 2.75) is 25.0 Å². The number of hydrogen-bond donors (Lipinski definition) is 1. The van der Waals surface area contributed by atoms with Crippen molar-refractivity contribution >= 4 is 38.6 Å². The van der Waals surface area contributed by atoms with Crippen LogP contribution in [-0.2, 0) is 14.6 Å². The molecule has 1 aromatic carbocycles. The van der Waals surface area contributed by atoms with Gasteiger partial charge in [-0.25, -0.2) is 8.42 Å². The zero-order valence-electron chi connectivity index (χ0n) is 12.6. The lowest BCUT2D eigenvalue weighted by molar-refractivity contribution is 0.121. The minimum absolute atomic E-state index is 0.0468. The van der Waals surface area contributed by atoms with Crippen molar-refractivity contribution in [3.63, 3.8) is 0 Å². The van der Waals surface area contributed by atoms with Gasteiger partial charge in [0.1, 0.15) is 0 Å². The number of hydrogen-bond acceptors (Lipinski definition) is 4. The van der Waals surface area contributed by atoms with Crippen molar-refractivity contribution in [1.29, 1.82) is 0 Å². The third kappa shape index (κ3) is 2.89. The fourth-order valence-corrected chi connectivity index (χ4v) is 5.76. The van der Waals surface area contributed by atoms with E-state index in [-0.39, 0.29) is 23.3 Å². The zero-order valence-corrected chi connectivity index (χ0v) is 15.0. The van der Waals surface area contributed by atoms with Gasteiger partial charge in [-0.2, -0.15) is 0 Å². The molecule has 0 amide bonds. The van der Waals surface area contributed by atoms with Crippen LogP contribution in [0.3, 0.4) is 0 Å². The van der Waals surface area contributed by atoms with Crippen LogP contribution in [0.2, 0.25) is 5.02 Å². The first kappa shape index (κ1) is 17.7. The second-order valence-electron chi connectivity index (χ2n) is 5.45. The predicted octanol–water partition coefficient (Wildman–Crippen LogP) is 2.55. The number of sulfone groups is 1. The SMILES string of the molecule is CCOC[C@@]1(C(N)=S)[C@H](S(=O)(=O)CC)[C@@H]1c1cccc(Cl)c1. The molecule has 3 atom stereocenters. The highest BCUT2D eigenvalue weighted by atomic mass is 35.5. The molecule has 1 aromatic rings. The van der Waals surface area contributed by atoms with Crippen molar-refractivity contribution in [3.8, 4) is 0 Å². The van der Waals surface area contributed by atoms with Gasteiger partial charge in [-0.1, -0.05) is 42.9 Å². The Labute approximate surface area is 141 Å². The molecule has 1 aliphatic carbocycles. The van der Waals surface area contributed by atoms with Crippen molar-refractivity contribution < 1.29 is 13.2 Å². The number of nitrogens with two attached hydrogens (primary N) is 1. The van der Waals surface area contributed by atoms with E-state index in [0.717, 1.165) is 5.56 Å². The quantitative estimate of drug-likeness (QED) is 0.756. The summed E-state index contributed by atoms with van der Waals surface area (Å²) in [6.07, 6.45) is 0. The molecule has 1 aliphatic rings. The van der Waals surface area contributed by atoms with Crippen LogP contribution >= 0.6 is 23.8 Å². The van der Waals surface area contributed by atoms with Gasteiger partial charge in [0.15, 0.2) is 9.84 Å². The molecule has 0 aliphatic heterocycles. The maximum absolute atomic E-state index is 12.5. The highest BCUT2D eigenvalue weighted by Gasteiger charge is 2.72. The fraction of sp³-hybridized carbons (Fsp3) is 0.533. The normalized spacial score (nSPS) is 27.6. The molecule has 0 unspecified atom stereocenters. The van der Waals surface area contributed by atoms with Gasteiger partial charge in [0.2, 0.25) is 0 Å². The lowest BCUT2D eigenvalue weighted by atomic mass is 10.00. The van der Waals surface area contributed by atoms with E-state index in [1.807, 2.05) is 13.0 Å². The highest BCUT2D eigenvalue weighted by Crippen LogP contribution is 2.63. The van der Waals surface area contributed by atoms with E-state index in [2.05, 4.69) is 0 Å². The lowest BCUT2D eigenvalue weighted by Gasteiger charge is -2.16. The first-order chi connectivity index (χ1) is 10.3. The smallest absolute Gasteiger partial charge is 0.154 e. The summed E-state index contributed by atoms with van der Waals surface area (Å²) in [5.41, 5.74) is 5.93. The fourth-order valence-electron chi connectivity index (χ4n) is 3.09.